The van der Waals surface area contributed by atoms with Gasteiger partial charge in [-0.25, -0.2) is 0 Å². The predicted octanol–water partition coefficient (Wildman–Crippen LogP) is 6.13. The van der Waals surface area contributed by atoms with Crippen molar-refractivity contribution in [3.8, 4) is 22.6 Å². The Kier molecular flexibility index (Phi) is 5.10. The van der Waals surface area contributed by atoms with E-state index in [1.54, 1.807) is 42.5 Å². The molecule has 29 heavy (non-hydrogen) atoms. The number of carbonyl (C=O) groups excluding carboxylic acids is 1. The van der Waals surface area contributed by atoms with Gasteiger partial charge in [0.2, 0.25) is 0 Å². The maximum Gasteiger partial charge on any atom is 0.255 e. The van der Waals surface area contributed by atoms with Crippen molar-refractivity contribution in [1.29, 1.82) is 0 Å². The molecule has 0 heterocycles. The second-order valence-electron chi connectivity index (χ2n) is 6.53. The largest absolute Gasteiger partial charge is 0.504 e. The molecular formula is C24H18ClNO3. The molecule has 0 unspecified atom stereocenters. The van der Waals surface area contributed by atoms with Crippen LogP contribution < -0.4 is 10.1 Å². The van der Waals surface area contributed by atoms with E-state index in [0.717, 1.165) is 16.3 Å². The summed E-state index contributed by atoms with van der Waals surface area (Å²) in [6.45, 7) is 0. The molecule has 0 fully saturated rings. The topological polar surface area (TPSA) is 58.6 Å². The zero-order valence-corrected chi connectivity index (χ0v) is 16.4. The summed E-state index contributed by atoms with van der Waals surface area (Å²) < 4.78 is 5.27. The molecule has 0 aliphatic rings. The van der Waals surface area contributed by atoms with Crippen LogP contribution in [0.1, 0.15) is 10.4 Å². The van der Waals surface area contributed by atoms with Gasteiger partial charge in [0, 0.05) is 27.4 Å². The van der Waals surface area contributed by atoms with Gasteiger partial charge in [0.25, 0.3) is 5.91 Å². The van der Waals surface area contributed by atoms with Crippen LogP contribution in [0.5, 0.6) is 11.5 Å². The lowest BCUT2D eigenvalue weighted by molar-refractivity contribution is 0.102. The number of halogens is 1. The number of benzene rings is 4. The van der Waals surface area contributed by atoms with Gasteiger partial charge in [-0.3, -0.25) is 4.79 Å². The number of hydrogen-bond acceptors (Lipinski definition) is 3. The zero-order valence-electron chi connectivity index (χ0n) is 15.6. The summed E-state index contributed by atoms with van der Waals surface area (Å²) in [4.78, 5) is 12.8. The van der Waals surface area contributed by atoms with Crippen molar-refractivity contribution >= 4 is 34.0 Å². The molecule has 0 saturated carbocycles. The lowest BCUT2D eigenvalue weighted by Gasteiger charge is -2.17. The molecule has 0 bridgehead atoms. The molecule has 4 aromatic rings. The molecule has 0 saturated heterocycles. The van der Waals surface area contributed by atoms with Crippen LogP contribution in [0.15, 0.2) is 78.9 Å². The summed E-state index contributed by atoms with van der Waals surface area (Å²) in [7, 11) is 1.51. The average Bonchev–Trinajstić information content (AvgIpc) is 2.74. The molecule has 0 aromatic heterocycles. The number of carbonyl (C=O) groups is 1. The van der Waals surface area contributed by atoms with E-state index in [1.807, 2.05) is 36.4 Å². The lowest BCUT2D eigenvalue weighted by atomic mass is 9.95. The number of rotatable bonds is 4. The third-order valence-electron chi connectivity index (χ3n) is 4.77. The second-order valence-corrected chi connectivity index (χ2v) is 6.96. The number of anilines is 1. The van der Waals surface area contributed by atoms with E-state index in [-0.39, 0.29) is 11.7 Å². The zero-order chi connectivity index (χ0) is 20.4. The van der Waals surface area contributed by atoms with Crippen molar-refractivity contribution in [2.45, 2.75) is 0 Å². The van der Waals surface area contributed by atoms with Crippen molar-refractivity contribution < 1.29 is 14.6 Å². The van der Waals surface area contributed by atoms with Crippen molar-refractivity contribution in [3.63, 3.8) is 0 Å². The Balaban J connectivity index is 1.88. The molecule has 0 atom stereocenters. The Morgan fingerprint density at radius 3 is 2.45 bits per heavy atom. The highest BCUT2D eigenvalue weighted by Crippen LogP contribution is 2.43. The Morgan fingerprint density at radius 1 is 0.931 bits per heavy atom. The molecule has 4 aromatic carbocycles. The maximum absolute atomic E-state index is 12.8. The van der Waals surface area contributed by atoms with Gasteiger partial charge < -0.3 is 15.2 Å². The van der Waals surface area contributed by atoms with E-state index in [0.29, 0.717) is 27.6 Å². The number of amides is 1. The maximum atomic E-state index is 12.8. The molecular weight excluding hydrogens is 386 g/mol. The number of aromatic hydroxyl groups is 1. The van der Waals surface area contributed by atoms with E-state index in [9.17, 15) is 9.90 Å². The predicted molar refractivity (Wildman–Crippen MR) is 117 cm³/mol. The summed E-state index contributed by atoms with van der Waals surface area (Å²) in [5.74, 6) is 0.124. The van der Waals surface area contributed by atoms with Gasteiger partial charge in [-0.1, -0.05) is 54.1 Å². The number of ether oxygens (including phenoxy) is 1. The second kappa shape index (κ2) is 7.86. The van der Waals surface area contributed by atoms with Crippen molar-refractivity contribution in [2.75, 3.05) is 12.4 Å². The van der Waals surface area contributed by atoms with Crippen LogP contribution in [0.2, 0.25) is 5.02 Å². The lowest BCUT2D eigenvalue weighted by Crippen LogP contribution is -2.12. The van der Waals surface area contributed by atoms with Gasteiger partial charge in [0.1, 0.15) is 0 Å². The fourth-order valence-corrected chi connectivity index (χ4v) is 3.48. The first-order chi connectivity index (χ1) is 14.1. The number of nitrogens with one attached hydrogen (secondary N) is 1. The quantitative estimate of drug-likeness (QED) is 0.431. The SMILES string of the molecule is COc1cccc(-c2c(NC(=O)c3ccc(Cl)cc3)ccc3ccccc23)c1O. The normalized spacial score (nSPS) is 10.7. The molecule has 144 valence electrons. The fraction of sp³-hybridized carbons (Fsp3) is 0.0417. The molecule has 0 aliphatic heterocycles. The van der Waals surface area contributed by atoms with Crippen LogP contribution in [-0.4, -0.2) is 18.1 Å². The average molecular weight is 404 g/mol. The van der Waals surface area contributed by atoms with Crippen LogP contribution in [0.3, 0.4) is 0 Å². The van der Waals surface area contributed by atoms with E-state index in [2.05, 4.69) is 5.32 Å². The molecule has 4 nitrogen and oxygen atoms in total. The minimum absolute atomic E-state index is 0.0216. The third kappa shape index (κ3) is 3.62. The highest BCUT2D eigenvalue weighted by Gasteiger charge is 2.18. The van der Waals surface area contributed by atoms with Crippen LogP contribution in [0.25, 0.3) is 21.9 Å². The standard InChI is InChI=1S/C24H18ClNO3/c1-29-21-8-4-7-19(23(21)27)22-18-6-3-2-5-15(18)11-14-20(22)26-24(28)16-9-12-17(25)13-10-16/h2-14,27H,1H3,(H,26,28). The van der Waals surface area contributed by atoms with Gasteiger partial charge >= 0.3 is 0 Å². The monoisotopic (exact) mass is 403 g/mol. The van der Waals surface area contributed by atoms with Crippen LogP contribution in [0, 0.1) is 0 Å². The van der Waals surface area contributed by atoms with Gasteiger partial charge in [-0.15, -0.1) is 0 Å². The summed E-state index contributed by atoms with van der Waals surface area (Å²) in [6, 6.07) is 23.6. The van der Waals surface area contributed by atoms with Crippen molar-refractivity contribution in [2.24, 2.45) is 0 Å². The highest BCUT2D eigenvalue weighted by atomic mass is 35.5. The van der Waals surface area contributed by atoms with Crippen molar-refractivity contribution in [3.05, 3.63) is 89.4 Å². The molecule has 0 radical (unpaired) electrons. The Bertz CT molecular complexity index is 1200. The first kappa shape index (κ1) is 18.8. The molecule has 1 amide bonds. The Labute approximate surface area is 173 Å². The van der Waals surface area contributed by atoms with Gasteiger partial charge in [-0.2, -0.15) is 0 Å². The van der Waals surface area contributed by atoms with Gasteiger partial charge in [0.05, 0.1) is 7.11 Å². The Morgan fingerprint density at radius 2 is 1.69 bits per heavy atom. The summed E-state index contributed by atoms with van der Waals surface area (Å²) in [5, 5.41) is 16.2. The minimum atomic E-state index is -0.263. The number of methoxy groups -OCH3 is 1. The number of phenolic OH excluding ortho intramolecular Hbond substituents is 1. The van der Waals surface area contributed by atoms with Crippen LogP contribution >= 0.6 is 11.6 Å². The van der Waals surface area contributed by atoms with Crippen LogP contribution in [0.4, 0.5) is 5.69 Å². The molecule has 2 N–H and O–H groups in total. The smallest absolute Gasteiger partial charge is 0.255 e. The number of fused-ring (bicyclic) bond motifs is 1. The first-order valence-corrected chi connectivity index (χ1v) is 9.41. The van der Waals surface area contributed by atoms with Gasteiger partial charge in [-0.05, 0) is 47.2 Å². The summed E-state index contributed by atoms with van der Waals surface area (Å²) in [5.41, 5.74) is 2.38. The third-order valence-corrected chi connectivity index (χ3v) is 5.02. The molecule has 0 aliphatic carbocycles. The minimum Gasteiger partial charge on any atom is -0.504 e. The molecule has 0 spiro atoms. The van der Waals surface area contributed by atoms with E-state index < -0.39 is 0 Å². The van der Waals surface area contributed by atoms with Crippen LogP contribution in [-0.2, 0) is 0 Å². The van der Waals surface area contributed by atoms with E-state index in [1.165, 1.54) is 7.11 Å². The number of phenols is 1. The fourth-order valence-electron chi connectivity index (χ4n) is 3.35. The number of hydrogen-bond donors (Lipinski definition) is 2. The Hall–Kier alpha value is -3.50. The molecule has 4 rings (SSSR count). The van der Waals surface area contributed by atoms with Gasteiger partial charge in [0.15, 0.2) is 11.5 Å². The number of para-hydroxylation sites is 1. The van der Waals surface area contributed by atoms with E-state index in [4.69, 9.17) is 16.3 Å². The van der Waals surface area contributed by atoms with Crippen molar-refractivity contribution in [1.82, 2.24) is 0 Å². The molecule has 5 heteroatoms. The first-order valence-electron chi connectivity index (χ1n) is 9.03. The van der Waals surface area contributed by atoms with E-state index >= 15 is 0 Å². The summed E-state index contributed by atoms with van der Waals surface area (Å²) >= 11 is 5.92. The summed E-state index contributed by atoms with van der Waals surface area (Å²) in [6.07, 6.45) is 0. The highest BCUT2D eigenvalue weighted by molar-refractivity contribution is 6.30.